The Kier molecular flexibility index (Phi) is 4.66. The van der Waals surface area contributed by atoms with Gasteiger partial charge in [-0.15, -0.1) is 0 Å². The molecule has 0 aliphatic carbocycles. The van der Waals surface area contributed by atoms with Crippen molar-refractivity contribution in [3.8, 4) is 0 Å². The average Bonchev–Trinajstić information content (AvgIpc) is 2.74. The lowest BCUT2D eigenvalue weighted by Crippen LogP contribution is -2.45. The van der Waals surface area contributed by atoms with E-state index < -0.39 is 0 Å². The molecule has 1 N–H and O–H groups in total. The van der Waals surface area contributed by atoms with E-state index in [1.165, 1.54) is 58.2 Å². The van der Waals surface area contributed by atoms with Gasteiger partial charge in [0.2, 0.25) is 0 Å². The van der Waals surface area contributed by atoms with Crippen molar-refractivity contribution in [2.24, 2.45) is 5.92 Å². The van der Waals surface area contributed by atoms with Gasteiger partial charge >= 0.3 is 0 Å². The maximum Gasteiger partial charge on any atom is 0.0249 e. The van der Waals surface area contributed by atoms with Crippen LogP contribution in [0.3, 0.4) is 0 Å². The maximum atomic E-state index is 3.84. The number of nitrogens with one attached hydrogen (secondary N) is 1. The van der Waals surface area contributed by atoms with Gasteiger partial charge in [-0.2, -0.15) is 0 Å². The Morgan fingerprint density at radius 3 is 2.69 bits per heavy atom. The molecular formula is C14H28N2. The van der Waals surface area contributed by atoms with Crippen molar-refractivity contribution in [2.45, 2.75) is 64.5 Å². The quantitative estimate of drug-likeness (QED) is 0.772. The summed E-state index contributed by atoms with van der Waals surface area (Å²) in [7, 11) is 0. The Morgan fingerprint density at radius 2 is 1.94 bits per heavy atom. The number of hydrogen-bond acceptors (Lipinski definition) is 2. The number of piperidine rings is 1. The molecule has 2 heteroatoms. The molecule has 94 valence electrons. The predicted molar refractivity (Wildman–Crippen MR) is 69.7 cm³/mol. The number of hydrogen-bond donors (Lipinski definition) is 1. The van der Waals surface area contributed by atoms with E-state index in [9.17, 15) is 0 Å². The molecule has 2 fully saturated rings. The van der Waals surface area contributed by atoms with Gasteiger partial charge in [0.15, 0.2) is 0 Å². The smallest absolute Gasteiger partial charge is 0.0249 e. The van der Waals surface area contributed by atoms with E-state index in [-0.39, 0.29) is 0 Å². The van der Waals surface area contributed by atoms with Crippen molar-refractivity contribution in [1.82, 2.24) is 10.2 Å². The van der Waals surface area contributed by atoms with Crippen molar-refractivity contribution in [3.63, 3.8) is 0 Å². The molecule has 2 nitrogen and oxygen atoms in total. The van der Waals surface area contributed by atoms with Gasteiger partial charge in [0, 0.05) is 18.6 Å². The maximum absolute atomic E-state index is 3.84. The third kappa shape index (κ3) is 2.78. The average molecular weight is 224 g/mol. The van der Waals surface area contributed by atoms with E-state index in [4.69, 9.17) is 0 Å². The van der Waals surface area contributed by atoms with E-state index >= 15 is 0 Å². The highest BCUT2D eigenvalue weighted by Crippen LogP contribution is 2.27. The van der Waals surface area contributed by atoms with Gasteiger partial charge in [-0.05, 0) is 38.3 Å². The summed E-state index contributed by atoms with van der Waals surface area (Å²) in [4.78, 5) is 2.72. The molecule has 0 aromatic carbocycles. The fraction of sp³-hybridized carbons (Fsp3) is 1.00. The Labute approximate surface area is 101 Å². The lowest BCUT2D eigenvalue weighted by atomic mass is 9.97. The van der Waals surface area contributed by atoms with Gasteiger partial charge in [-0.3, -0.25) is 4.90 Å². The predicted octanol–water partition coefficient (Wildman–Crippen LogP) is 2.64. The molecule has 2 rings (SSSR count). The highest BCUT2D eigenvalue weighted by molar-refractivity contribution is 4.94. The monoisotopic (exact) mass is 224 g/mol. The third-order valence-corrected chi connectivity index (χ3v) is 4.68. The second-order valence-corrected chi connectivity index (χ2v) is 5.59. The van der Waals surface area contributed by atoms with Crippen LogP contribution in [-0.2, 0) is 0 Å². The fourth-order valence-electron chi connectivity index (χ4n) is 3.38. The summed E-state index contributed by atoms with van der Waals surface area (Å²) < 4.78 is 0. The number of fused-ring (bicyclic) bond motifs is 1. The topological polar surface area (TPSA) is 15.3 Å². The van der Waals surface area contributed by atoms with Gasteiger partial charge < -0.3 is 5.32 Å². The van der Waals surface area contributed by atoms with Crippen LogP contribution in [0, 0.1) is 5.92 Å². The second kappa shape index (κ2) is 6.02. The minimum atomic E-state index is 0.792. The van der Waals surface area contributed by atoms with Crippen molar-refractivity contribution in [1.29, 1.82) is 0 Å². The number of rotatable bonds is 5. The van der Waals surface area contributed by atoms with Crippen molar-refractivity contribution in [2.75, 3.05) is 19.6 Å². The van der Waals surface area contributed by atoms with Crippen LogP contribution in [0.25, 0.3) is 0 Å². The summed E-state index contributed by atoms with van der Waals surface area (Å²) in [5.74, 6) is 0.887. The SMILES string of the molecule is CCC(CC)CNC1CCN2CCCCC12. The van der Waals surface area contributed by atoms with Crippen LogP contribution in [0.5, 0.6) is 0 Å². The summed E-state index contributed by atoms with van der Waals surface area (Å²) in [6.07, 6.45) is 8.33. The van der Waals surface area contributed by atoms with Crippen LogP contribution in [0.2, 0.25) is 0 Å². The first-order valence-electron chi connectivity index (χ1n) is 7.32. The van der Waals surface area contributed by atoms with E-state index in [1.807, 2.05) is 0 Å². The van der Waals surface area contributed by atoms with Crippen LogP contribution in [0.4, 0.5) is 0 Å². The van der Waals surface area contributed by atoms with Gasteiger partial charge in [-0.25, -0.2) is 0 Å². The molecule has 2 aliphatic rings. The molecule has 0 bridgehead atoms. The molecule has 2 unspecified atom stereocenters. The largest absolute Gasteiger partial charge is 0.312 e. The highest BCUT2D eigenvalue weighted by Gasteiger charge is 2.34. The van der Waals surface area contributed by atoms with E-state index in [0.717, 1.165) is 18.0 Å². The van der Waals surface area contributed by atoms with Crippen LogP contribution in [0.1, 0.15) is 52.4 Å². The Bertz CT molecular complexity index is 201. The van der Waals surface area contributed by atoms with Gasteiger partial charge in [-0.1, -0.05) is 33.1 Å². The second-order valence-electron chi connectivity index (χ2n) is 5.59. The van der Waals surface area contributed by atoms with Gasteiger partial charge in [0.1, 0.15) is 0 Å². The van der Waals surface area contributed by atoms with Crippen LogP contribution in [-0.4, -0.2) is 36.6 Å². The van der Waals surface area contributed by atoms with Crippen molar-refractivity contribution >= 4 is 0 Å². The first-order valence-corrected chi connectivity index (χ1v) is 7.32. The van der Waals surface area contributed by atoms with E-state index in [0.29, 0.717) is 0 Å². The molecular weight excluding hydrogens is 196 g/mol. The zero-order chi connectivity index (χ0) is 11.4. The van der Waals surface area contributed by atoms with Gasteiger partial charge in [0.25, 0.3) is 0 Å². The van der Waals surface area contributed by atoms with Gasteiger partial charge in [0.05, 0.1) is 0 Å². The van der Waals surface area contributed by atoms with Crippen molar-refractivity contribution in [3.05, 3.63) is 0 Å². The molecule has 0 aromatic rings. The fourth-order valence-corrected chi connectivity index (χ4v) is 3.38. The number of nitrogens with zero attached hydrogens (tertiary/aromatic N) is 1. The van der Waals surface area contributed by atoms with E-state index in [2.05, 4.69) is 24.1 Å². The van der Waals surface area contributed by atoms with E-state index in [1.54, 1.807) is 0 Å². The lowest BCUT2D eigenvalue weighted by Gasteiger charge is -2.33. The molecule has 0 amide bonds. The van der Waals surface area contributed by atoms with Crippen LogP contribution >= 0.6 is 0 Å². The standard InChI is InChI=1S/C14H28N2/c1-3-12(4-2)11-15-13-8-10-16-9-6-5-7-14(13)16/h12-15H,3-11H2,1-2H3. The molecule has 16 heavy (non-hydrogen) atoms. The molecule has 2 atom stereocenters. The Balaban J connectivity index is 1.77. The molecule has 2 heterocycles. The summed E-state index contributed by atoms with van der Waals surface area (Å²) in [6, 6.07) is 1.66. The van der Waals surface area contributed by atoms with Crippen LogP contribution in [0.15, 0.2) is 0 Å². The molecule has 0 radical (unpaired) electrons. The Hall–Kier alpha value is -0.0800. The minimum Gasteiger partial charge on any atom is -0.312 e. The summed E-state index contributed by atoms with van der Waals surface area (Å²) in [5.41, 5.74) is 0. The third-order valence-electron chi connectivity index (χ3n) is 4.68. The zero-order valence-corrected chi connectivity index (χ0v) is 11.0. The minimum absolute atomic E-state index is 0.792. The Morgan fingerprint density at radius 1 is 1.12 bits per heavy atom. The van der Waals surface area contributed by atoms with Crippen molar-refractivity contribution < 1.29 is 0 Å². The lowest BCUT2D eigenvalue weighted by molar-refractivity contribution is 0.178. The zero-order valence-electron chi connectivity index (χ0n) is 11.0. The molecule has 0 saturated carbocycles. The first-order chi connectivity index (χ1) is 7.85. The highest BCUT2D eigenvalue weighted by atomic mass is 15.2. The first kappa shape index (κ1) is 12.4. The molecule has 0 aromatic heterocycles. The molecule has 2 aliphatic heterocycles. The summed E-state index contributed by atoms with van der Waals surface area (Å²) in [5, 5.41) is 3.84. The van der Waals surface area contributed by atoms with Crippen LogP contribution < -0.4 is 5.32 Å². The summed E-state index contributed by atoms with van der Waals surface area (Å²) >= 11 is 0. The molecule has 0 spiro atoms. The molecule has 2 saturated heterocycles. The normalized spacial score (nSPS) is 30.9. The summed E-state index contributed by atoms with van der Waals surface area (Å²) in [6.45, 7) is 8.57.